The molecule has 0 aliphatic carbocycles. The van der Waals surface area contributed by atoms with E-state index in [0.29, 0.717) is 32.7 Å². The van der Waals surface area contributed by atoms with Gasteiger partial charge < -0.3 is 20.5 Å². The highest BCUT2D eigenvalue weighted by molar-refractivity contribution is 7.23. The molecule has 14 heteroatoms. The van der Waals surface area contributed by atoms with Crippen LogP contribution in [0.3, 0.4) is 0 Å². The summed E-state index contributed by atoms with van der Waals surface area (Å²) < 4.78 is 53.4. The van der Waals surface area contributed by atoms with Crippen molar-refractivity contribution in [1.29, 1.82) is 0 Å². The zero-order valence-electron chi connectivity index (χ0n) is 25.0. The number of pyridine rings is 1. The molecule has 4 heterocycles. The molecule has 0 aliphatic heterocycles. The lowest BCUT2D eigenvalue weighted by Gasteiger charge is -2.15. The van der Waals surface area contributed by atoms with Crippen LogP contribution in [0, 0.1) is 6.92 Å². The van der Waals surface area contributed by atoms with Crippen LogP contribution in [0.2, 0.25) is 0 Å². The van der Waals surface area contributed by atoms with Gasteiger partial charge in [0.05, 0.1) is 6.20 Å². The molecular formula is C33H26F3N7O3S. The van der Waals surface area contributed by atoms with Crippen LogP contribution in [0.4, 0.5) is 19.0 Å². The van der Waals surface area contributed by atoms with E-state index in [1.165, 1.54) is 23.5 Å². The third-order valence-electron chi connectivity index (χ3n) is 7.08. The number of hydrogen-bond acceptors (Lipinski definition) is 9. The van der Waals surface area contributed by atoms with Crippen molar-refractivity contribution in [3.05, 3.63) is 97.2 Å². The number of hydrogen-bond donors (Lipinski definition) is 2. The molecule has 0 saturated heterocycles. The Balaban J connectivity index is 1.52. The number of carbonyl (C=O) groups excluding carboxylic acids is 1. The number of benzene rings is 2. The molecule has 10 nitrogen and oxygen atoms in total. The summed E-state index contributed by atoms with van der Waals surface area (Å²) >= 11 is 1.35. The summed E-state index contributed by atoms with van der Waals surface area (Å²) in [6.45, 7) is 5.00. The number of nitrogen functional groups attached to an aromatic ring is 1. The number of amides is 1. The van der Waals surface area contributed by atoms with Crippen LogP contribution < -0.4 is 20.5 Å². The van der Waals surface area contributed by atoms with Crippen LogP contribution in [-0.2, 0) is 18.4 Å². The fraction of sp³-hybridized carbons (Fsp3) is 0.121. The summed E-state index contributed by atoms with van der Waals surface area (Å²) in [4.78, 5) is 25.3. The molecule has 0 atom stereocenters. The number of carbonyl (C=O) groups is 1. The molecule has 3 N–H and O–H groups in total. The molecule has 0 aliphatic rings. The molecule has 47 heavy (non-hydrogen) atoms. The number of nitrogens with one attached hydrogen (secondary N) is 1. The minimum absolute atomic E-state index is 0.126. The Morgan fingerprint density at radius 3 is 2.53 bits per heavy atom. The third-order valence-corrected chi connectivity index (χ3v) is 8.35. The van der Waals surface area contributed by atoms with E-state index in [4.69, 9.17) is 10.5 Å². The number of ether oxygens (including phenoxy) is 2. The molecule has 2 aromatic carbocycles. The summed E-state index contributed by atoms with van der Waals surface area (Å²) in [5.74, 6) is -0.266. The molecule has 1 amide bonds. The van der Waals surface area contributed by atoms with Crippen LogP contribution in [0.5, 0.6) is 17.5 Å². The highest BCUT2D eigenvalue weighted by Crippen LogP contribution is 2.50. The quantitative estimate of drug-likeness (QED) is 0.156. The lowest BCUT2D eigenvalue weighted by Crippen LogP contribution is -2.22. The Bertz CT molecular complexity index is 2130. The minimum Gasteiger partial charge on any atom is -0.424 e. The van der Waals surface area contributed by atoms with E-state index in [9.17, 15) is 18.0 Å². The van der Waals surface area contributed by atoms with E-state index in [-0.39, 0.29) is 23.9 Å². The Hall–Kier alpha value is -5.76. The minimum atomic E-state index is -4.97. The zero-order chi connectivity index (χ0) is 33.3. The summed E-state index contributed by atoms with van der Waals surface area (Å²) in [5, 5.41) is 7.41. The summed E-state index contributed by atoms with van der Waals surface area (Å²) in [7, 11) is 1.79. The molecule has 0 bridgehead atoms. The van der Waals surface area contributed by atoms with Gasteiger partial charge in [-0.05, 0) is 48.4 Å². The first-order chi connectivity index (χ1) is 22.5. The number of nitrogens with zero attached hydrogens (tertiary/aromatic N) is 5. The number of aromatic nitrogens is 5. The van der Waals surface area contributed by atoms with E-state index >= 15 is 0 Å². The Kier molecular flexibility index (Phi) is 8.35. The van der Waals surface area contributed by atoms with E-state index in [1.807, 2.05) is 25.3 Å². The van der Waals surface area contributed by atoms with Crippen LogP contribution in [0.15, 0.2) is 86.0 Å². The van der Waals surface area contributed by atoms with E-state index < -0.39 is 18.0 Å². The van der Waals surface area contributed by atoms with Crippen molar-refractivity contribution in [2.45, 2.75) is 19.8 Å². The van der Waals surface area contributed by atoms with Gasteiger partial charge in [-0.15, -0.1) is 24.5 Å². The van der Waals surface area contributed by atoms with Gasteiger partial charge in [0.25, 0.3) is 0 Å². The number of alkyl halides is 3. The maximum atomic E-state index is 13.6. The predicted molar refractivity (Wildman–Crippen MR) is 173 cm³/mol. The number of aryl methyl sites for hydroxylation is 2. The van der Waals surface area contributed by atoms with Gasteiger partial charge in [0.1, 0.15) is 17.3 Å². The second-order valence-corrected chi connectivity index (χ2v) is 11.4. The van der Waals surface area contributed by atoms with Crippen LogP contribution >= 0.6 is 11.3 Å². The normalized spacial score (nSPS) is 11.4. The number of rotatable bonds is 9. The lowest BCUT2D eigenvalue weighted by molar-refractivity contribution is -0.274. The number of thiophene rings is 1. The molecule has 0 unspecified atom stereocenters. The van der Waals surface area contributed by atoms with Crippen molar-refractivity contribution < 1.29 is 27.4 Å². The molecule has 0 spiro atoms. The highest BCUT2D eigenvalue weighted by atomic mass is 32.1. The van der Waals surface area contributed by atoms with E-state index in [2.05, 4.69) is 36.7 Å². The van der Waals surface area contributed by atoms with Gasteiger partial charge in [-0.3, -0.25) is 9.48 Å². The average molecular weight is 658 g/mol. The van der Waals surface area contributed by atoms with Crippen molar-refractivity contribution in [3.63, 3.8) is 0 Å². The lowest BCUT2D eigenvalue weighted by atomic mass is 9.97. The Morgan fingerprint density at radius 2 is 1.85 bits per heavy atom. The molecule has 6 rings (SSSR count). The number of fused-ring (bicyclic) bond motifs is 1. The Morgan fingerprint density at radius 1 is 1.09 bits per heavy atom. The van der Waals surface area contributed by atoms with Gasteiger partial charge in [0, 0.05) is 75.1 Å². The van der Waals surface area contributed by atoms with Gasteiger partial charge in [-0.2, -0.15) is 5.10 Å². The first-order valence-corrected chi connectivity index (χ1v) is 14.9. The van der Waals surface area contributed by atoms with Gasteiger partial charge in [-0.25, -0.2) is 15.0 Å². The SMILES string of the molecule is C=CC(=O)NCc1ccc(-c2sc3c(-c4cnn(C)c4)cnc(N)c3c2-c2ccc(Oc3nccc(C)n3)cc2)cc1OC(F)(F)F. The standard InChI is InChI=1S/C33H26F3N7O3S/c1-4-26(44)39-14-21-6-5-20(13-25(21)46-33(34,35)36)29-27(19-7-9-23(10-8-19)45-32-38-12-11-18(2)42-32)28-30(47-29)24(16-40-31(28)37)22-15-41-43(3)17-22/h4-13,15-17H,1,14H2,2-3H3,(H2,37,40)(H,39,44). The van der Waals surface area contributed by atoms with Crippen LogP contribution in [0.1, 0.15) is 11.3 Å². The first kappa shape index (κ1) is 31.2. The monoisotopic (exact) mass is 657 g/mol. The van der Waals surface area contributed by atoms with Crippen molar-refractivity contribution in [2.24, 2.45) is 7.05 Å². The van der Waals surface area contributed by atoms with Crippen molar-refractivity contribution >= 4 is 33.1 Å². The second-order valence-electron chi connectivity index (χ2n) is 10.4. The molecule has 0 fully saturated rings. The molecule has 238 valence electrons. The zero-order valence-corrected chi connectivity index (χ0v) is 25.8. The average Bonchev–Trinajstić information content (AvgIpc) is 3.65. The maximum absolute atomic E-state index is 13.6. The van der Waals surface area contributed by atoms with Gasteiger partial charge in [0.2, 0.25) is 5.91 Å². The van der Waals surface area contributed by atoms with E-state index in [1.54, 1.807) is 54.6 Å². The van der Waals surface area contributed by atoms with E-state index in [0.717, 1.165) is 27.6 Å². The van der Waals surface area contributed by atoms with Crippen molar-refractivity contribution in [2.75, 3.05) is 5.73 Å². The molecule has 0 radical (unpaired) electrons. The van der Waals surface area contributed by atoms with Crippen LogP contribution in [0.25, 0.3) is 42.8 Å². The van der Waals surface area contributed by atoms with Crippen molar-refractivity contribution in [3.8, 4) is 50.2 Å². The smallest absolute Gasteiger partial charge is 0.424 e. The Labute approximate surface area is 270 Å². The topological polar surface area (TPSA) is 130 Å². The van der Waals surface area contributed by atoms with Gasteiger partial charge in [0.15, 0.2) is 0 Å². The largest absolute Gasteiger partial charge is 0.573 e. The predicted octanol–water partition coefficient (Wildman–Crippen LogP) is 7.20. The third kappa shape index (κ3) is 6.77. The highest BCUT2D eigenvalue weighted by Gasteiger charge is 2.33. The fourth-order valence-electron chi connectivity index (χ4n) is 4.95. The van der Waals surface area contributed by atoms with Crippen molar-refractivity contribution in [1.82, 2.24) is 30.0 Å². The molecule has 4 aromatic heterocycles. The summed E-state index contributed by atoms with van der Waals surface area (Å²) in [5.41, 5.74) is 10.7. The first-order valence-electron chi connectivity index (χ1n) is 14.1. The maximum Gasteiger partial charge on any atom is 0.573 e. The van der Waals surface area contributed by atoms with Gasteiger partial charge in [-0.1, -0.05) is 30.8 Å². The molecule has 0 saturated carbocycles. The second kappa shape index (κ2) is 12.6. The van der Waals surface area contributed by atoms with Gasteiger partial charge >= 0.3 is 12.4 Å². The van der Waals surface area contributed by atoms with Crippen LogP contribution in [-0.4, -0.2) is 37.0 Å². The summed E-state index contributed by atoms with van der Waals surface area (Å²) in [6, 6.07) is 13.5. The summed E-state index contributed by atoms with van der Waals surface area (Å²) in [6.07, 6.45) is 2.85. The number of nitrogens with two attached hydrogens (primary N) is 1. The molecular weight excluding hydrogens is 631 g/mol. The number of anilines is 1. The molecule has 6 aromatic rings. The number of halogens is 3. The fourth-order valence-corrected chi connectivity index (χ4v) is 6.31.